The predicted molar refractivity (Wildman–Crippen MR) is 177 cm³/mol. The van der Waals surface area contributed by atoms with Gasteiger partial charge in [0.1, 0.15) is 11.4 Å². The van der Waals surface area contributed by atoms with Crippen molar-refractivity contribution in [2.75, 3.05) is 34.1 Å². The first kappa shape index (κ1) is 33.6. The highest BCUT2D eigenvalue weighted by Crippen LogP contribution is 2.46. The highest BCUT2D eigenvalue weighted by molar-refractivity contribution is 5.80. The minimum Gasteiger partial charge on any atom is -0.497 e. The molecule has 2 aliphatic heterocycles. The van der Waals surface area contributed by atoms with Crippen molar-refractivity contribution in [2.24, 2.45) is 0 Å². The van der Waals surface area contributed by atoms with E-state index in [9.17, 15) is 4.79 Å². The first-order chi connectivity index (χ1) is 22.2. The van der Waals surface area contributed by atoms with Crippen molar-refractivity contribution in [3.8, 4) is 23.3 Å². The van der Waals surface area contributed by atoms with Gasteiger partial charge in [0, 0.05) is 38.6 Å². The number of ether oxygens (including phenoxy) is 6. The summed E-state index contributed by atoms with van der Waals surface area (Å²) in [5.41, 5.74) is 1.34. The Hall–Kier alpha value is -3.77. The first-order valence-corrected chi connectivity index (χ1v) is 16.2. The molecule has 1 aliphatic carbocycles. The van der Waals surface area contributed by atoms with Gasteiger partial charge in [-0.25, -0.2) is 4.79 Å². The van der Waals surface area contributed by atoms with E-state index in [4.69, 9.17) is 28.4 Å². The normalized spacial score (nSPS) is 21.8. The highest BCUT2D eigenvalue weighted by atomic mass is 16.7. The zero-order valence-corrected chi connectivity index (χ0v) is 27.8. The number of benzene rings is 2. The minimum atomic E-state index is -1.26. The maximum atomic E-state index is 14.2. The van der Waals surface area contributed by atoms with Crippen LogP contribution in [0, 0.1) is 11.8 Å². The lowest BCUT2D eigenvalue weighted by atomic mass is 9.78. The molecule has 0 saturated carbocycles. The number of fused-ring (bicyclic) bond motifs is 4. The summed E-state index contributed by atoms with van der Waals surface area (Å²) in [6.07, 6.45) is 6.35. The molecule has 2 aromatic rings. The molecule has 8 nitrogen and oxygen atoms in total. The molecule has 0 bridgehead atoms. The van der Waals surface area contributed by atoms with E-state index in [-0.39, 0.29) is 25.2 Å². The zero-order chi connectivity index (χ0) is 32.7. The van der Waals surface area contributed by atoms with Gasteiger partial charge in [-0.2, -0.15) is 0 Å². The lowest BCUT2D eigenvalue weighted by Gasteiger charge is -2.42. The average Bonchev–Trinajstić information content (AvgIpc) is 3.47. The van der Waals surface area contributed by atoms with Crippen molar-refractivity contribution in [3.05, 3.63) is 83.6 Å². The molecule has 1 unspecified atom stereocenters. The van der Waals surface area contributed by atoms with E-state index in [1.165, 1.54) is 0 Å². The molecule has 0 amide bonds. The second-order valence-electron chi connectivity index (χ2n) is 12.5. The van der Waals surface area contributed by atoms with Gasteiger partial charge in [0.25, 0.3) is 0 Å². The largest absolute Gasteiger partial charge is 0.497 e. The molecule has 2 aromatic carbocycles. The van der Waals surface area contributed by atoms with Gasteiger partial charge in [-0.15, -0.1) is 6.58 Å². The summed E-state index contributed by atoms with van der Waals surface area (Å²) in [6, 6.07) is 14.2. The van der Waals surface area contributed by atoms with Crippen LogP contribution in [0.3, 0.4) is 0 Å². The van der Waals surface area contributed by atoms with Crippen LogP contribution in [0.4, 0.5) is 0 Å². The predicted octanol–water partition coefficient (Wildman–Crippen LogP) is 6.33. The summed E-state index contributed by atoms with van der Waals surface area (Å²) in [5, 5.41) is 0. The fourth-order valence-electron chi connectivity index (χ4n) is 6.58. The molecule has 3 aliphatic rings. The van der Waals surface area contributed by atoms with Crippen LogP contribution < -0.4 is 9.47 Å². The molecule has 0 fully saturated rings. The van der Waals surface area contributed by atoms with Gasteiger partial charge in [0.15, 0.2) is 23.2 Å². The zero-order valence-electron chi connectivity index (χ0n) is 27.8. The smallest absolute Gasteiger partial charge is 0.340 e. The fraction of sp³-hybridized carbons (Fsp3) is 0.500. The van der Waals surface area contributed by atoms with Crippen LogP contribution in [0.25, 0.3) is 0 Å². The number of hydrogen-bond acceptors (Lipinski definition) is 8. The number of nitrogens with zero attached hydrogens (tertiary/aromatic N) is 1. The highest BCUT2D eigenvalue weighted by Gasteiger charge is 2.48. The van der Waals surface area contributed by atoms with E-state index >= 15 is 0 Å². The lowest BCUT2D eigenvalue weighted by Crippen LogP contribution is -2.50. The van der Waals surface area contributed by atoms with Gasteiger partial charge < -0.3 is 28.4 Å². The Labute approximate surface area is 273 Å². The Morgan fingerprint density at radius 1 is 1.15 bits per heavy atom. The third-order valence-corrected chi connectivity index (χ3v) is 9.34. The van der Waals surface area contributed by atoms with Crippen molar-refractivity contribution in [2.45, 2.75) is 88.7 Å². The van der Waals surface area contributed by atoms with Crippen molar-refractivity contribution < 1.29 is 33.2 Å². The molecule has 0 aromatic heterocycles. The van der Waals surface area contributed by atoms with Crippen LogP contribution in [0.5, 0.6) is 11.5 Å². The maximum absolute atomic E-state index is 14.2. The van der Waals surface area contributed by atoms with Crippen LogP contribution >= 0.6 is 0 Å². The molecule has 4 atom stereocenters. The summed E-state index contributed by atoms with van der Waals surface area (Å²) in [4.78, 5) is 16.7. The second-order valence-corrected chi connectivity index (χ2v) is 12.5. The molecule has 0 spiro atoms. The van der Waals surface area contributed by atoms with Gasteiger partial charge in [-0.1, -0.05) is 55.2 Å². The second kappa shape index (κ2) is 14.8. The molecule has 2 heterocycles. The standard InChI is InChI=1S/C38H47NO7/c1-7-9-21-39-22-18-28-23-32-33(44-26-43-32)24-29(28)34-30(39)16-17-31(41-5)35(34)46-36(40)38(8-2,42-6)20-13-19-37(3,4)45-25-27-14-11-10-12-15-27/h7,10-12,14-15,17,23-24,30,34-35H,1,8-9,16,18,20-22,25-26H2,2-6H3/t30?,34-,35+,38-/m0/s1. The number of rotatable bonds is 12. The van der Waals surface area contributed by atoms with Crippen LogP contribution in [0.15, 0.2) is 67.0 Å². The summed E-state index contributed by atoms with van der Waals surface area (Å²) >= 11 is 0. The average molecular weight is 630 g/mol. The molecule has 46 heavy (non-hydrogen) atoms. The lowest BCUT2D eigenvalue weighted by molar-refractivity contribution is -0.177. The fourth-order valence-corrected chi connectivity index (χ4v) is 6.58. The molecule has 5 rings (SSSR count). The Bertz CT molecular complexity index is 1470. The molecule has 0 saturated heterocycles. The Morgan fingerprint density at radius 2 is 1.91 bits per heavy atom. The molecule has 8 heteroatoms. The van der Waals surface area contributed by atoms with Gasteiger partial charge >= 0.3 is 5.97 Å². The van der Waals surface area contributed by atoms with Gasteiger partial charge in [0.05, 0.1) is 13.7 Å². The summed E-state index contributed by atoms with van der Waals surface area (Å²) in [6.45, 7) is 12.1. The number of carbonyl (C=O) groups is 1. The SMILES string of the molecule is C=CCCN1CCc2cc3c(cc2[C@H]2C1CC=C(OC)[C@H]2OC(=O)[C@](CC)(CC#CC(C)(C)OCc1ccccc1)OC)OCO3. The molecule has 0 N–H and O–H groups in total. The summed E-state index contributed by atoms with van der Waals surface area (Å²) < 4.78 is 36.0. The summed E-state index contributed by atoms with van der Waals surface area (Å²) in [5.74, 6) is 7.84. The van der Waals surface area contributed by atoms with E-state index in [0.717, 1.165) is 54.8 Å². The van der Waals surface area contributed by atoms with Gasteiger partial charge in [-0.3, -0.25) is 4.90 Å². The van der Waals surface area contributed by atoms with Crippen LogP contribution in [-0.4, -0.2) is 68.3 Å². The van der Waals surface area contributed by atoms with Crippen LogP contribution in [-0.2, 0) is 36.8 Å². The van der Waals surface area contributed by atoms with E-state index < -0.39 is 23.3 Å². The van der Waals surface area contributed by atoms with Gasteiger partial charge in [0.2, 0.25) is 6.79 Å². The van der Waals surface area contributed by atoms with Crippen molar-refractivity contribution in [1.29, 1.82) is 0 Å². The minimum absolute atomic E-state index is 0.0826. The Morgan fingerprint density at radius 3 is 2.61 bits per heavy atom. The quantitative estimate of drug-likeness (QED) is 0.153. The van der Waals surface area contributed by atoms with Crippen LogP contribution in [0.2, 0.25) is 0 Å². The first-order valence-electron chi connectivity index (χ1n) is 16.2. The molecular formula is C38H47NO7. The topological polar surface area (TPSA) is 75.7 Å². The van der Waals surface area contributed by atoms with Crippen molar-refractivity contribution in [1.82, 2.24) is 4.90 Å². The Kier molecular flexibility index (Phi) is 10.8. The van der Waals surface area contributed by atoms with Crippen molar-refractivity contribution >= 4 is 5.97 Å². The van der Waals surface area contributed by atoms with Crippen molar-refractivity contribution in [3.63, 3.8) is 0 Å². The number of hydrogen-bond donors (Lipinski definition) is 0. The molecular weight excluding hydrogens is 582 g/mol. The number of methoxy groups -OCH3 is 2. The maximum Gasteiger partial charge on any atom is 0.340 e. The van der Waals surface area contributed by atoms with E-state index in [1.54, 1.807) is 14.2 Å². The Balaban J connectivity index is 1.42. The van der Waals surface area contributed by atoms with E-state index in [2.05, 4.69) is 41.5 Å². The van der Waals surface area contributed by atoms with Gasteiger partial charge in [-0.05, 0) is 74.4 Å². The third kappa shape index (κ3) is 7.28. The summed E-state index contributed by atoms with van der Waals surface area (Å²) in [7, 11) is 3.17. The van der Waals surface area contributed by atoms with E-state index in [1.807, 2.05) is 57.2 Å². The van der Waals surface area contributed by atoms with E-state index in [0.29, 0.717) is 24.5 Å². The molecule has 0 radical (unpaired) electrons. The third-order valence-electron chi connectivity index (χ3n) is 9.34. The number of esters is 1. The monoisotopic (exact) mass is 629 g/mol. The van der Waals surface area contributed by atoms with Crippen LogP contribution in [0.1, 0.15) is 69.1 Å². The number of carbonyl (C=O) groups excluding carboxylic acids is 1. The molecule has 246 valence electrons.